The lowest BCUT2D eigenvalue weighted by atomic mass is 10.1. The van der Waals surface area contributed by atoms with Crippen LogP contribution in [0.3, 0.4) is 0 Å². The minimum atomic E-state index is -1.16. The summed E-state index contributed by atoms with van der Waals surface area (Å²) >= 11 is 0. The van der Waals surface area contributed by atoms with Crippen LogP contribution in [0.4, 0.5) is 19.3 Å². The first kappa shape index (κ1) is 16.6. The quantitative estimate of drug-likeness (QED) is 0.788. The smallest absolute Gasteiger partial charge is 0.319 e. The molecule has 1 atom stereocenters. The van der Waals surface area contributed by atoms with Crippen LogP contribution in [0, 0.1) is 11.6 Å². The van der Waals surface area contributed by atoms with E-state index in [0.29, 0.717) is 11.6 Å². The van der Waals surface area contributed by atoms with E-state index in [1.807, 2.05) is 0 Å². The Bertz CT molecular complexity index is 680. The highest BCUT2D eigenvalue weighted by Gasteiger charge is 2.12. The minimum absolute atomic E-state index is 0.162. The molecule has 0 radical (unpaired) electrons. The second-order valence-corrected chi connectivity index (χ2v) is 4.61. The highest BCUT2D eigenvalue weighted by Crippen LogP contribution is 2.16. The number of carbonyl (C=O) groups excluding carboxylic acids is 1. The van der Waals surface area contributed by atoms with E-state index in [9.17, 15) is 18.7 Å². The van der Waals surface area contributed by atoms with Crippen LogP contribution in [-0.4, -0.2) is 29.8 Å². The van der Waals surface area contributed by atoms with Crippen molar-refractivity contribution in [2.75, 3.05) is 19.0 Å². The number of urea groups is 1. The zero-order valence-corrected chi connectivity index (χ0v) is 12.2. The van der Waals surface area contributed by atoms with Gasteiger partial charge < -0.3 is 20.5 Å². The van der Waals surface area contributed by atoms with Gasteiger partial charge in [-0.2, -0.15) is 0 Å². The molecule has 0 fully saturated rings. The predicted molar refractivity (Wildman–Crippen MR) is 79.1 cm³/mol. The molecule has 6 nitrogen and oxygen atoms in total. The summed E-state index contributed by atoms with van der Waals surface area (Å²) in [6.45, 7) is -0.166. The third-order valence-electron chi connectivity index (χ3n) is 2.99. The molecule has 1 aromatic carbocycles. The summed E-state index contributed by atoms with van der Waals surface area (Å²) in [4.78, 5) is 15.6. The number of halogens is 2. The molecule has 23 heavy (non-hydrogen) atoms. The first-order valence-electron chi connectivity index (χ1n) is 6.67. The molecule has 0 aliphatic heterocycles. The Kier molecular flexibility index (Phi) is 5.42. The van der Waals surface area contributed by atoms with Crippen molar-refractivity contribution in [3.8, 4) is 5.88 Å². The topological polar surface area (TPSA) is 83.5 Å². The van der Waals surface area contributed by atoms with Gasteiger partial charge in [-0.05, 0) is 23.8 Å². The Labute approximate surface area is 131 Å². The fourth-order valence-corrected chi connectivity index (χ4v) is 1.78. The number of nitrogens with one attached hydrogen (secondary N) is 2. The maximum Gasteiger partial charge on any atom is 0.319 e. The van der Waals surface area contributed by atoms with Crippen LogP contribution in [0.1, 0.15) is 11.7 Å². The van der Waals surface area contributed by atoms with E-state index < -0.39 is 23.8 Å². The van der Waals surface area contributed by atoms with Crippen LogP contribution in [0.5, 0.6) is 5.88 Å². The van der Waals surface area contributed by atoms with E-state index in [2.05, 4.69) is 15.6 Å². The van der Waals surface area contributed by atoms with E-state index in [1.54, 1.807) is 12.1 Å². The molecule has 3 N–H and O–H groups in total. The number of nitrogens with zero attached hydrogens (tertiary/aromatic N) is 1. The molecule has 8 heteroatoms. The van der Waals surface area contributed by atoms with Crippen LogP contribution in [0.15, 0.2) is 36.5 Å². The van der Waals surface area contributed by atoms with E-state index in [4.69, 9.17) is 4.74 Å². The number of methoxy groups -OCH3 is 1. The van der Waals surface area contributed by atoms with Gasteiger partial charge in [-0.25, -0.2) is 18.6 Å². The van der Waals surface area contributed by atoms with Gasteiger partial charge in [-0.1, -0.05) is 6.07 Å². The number of carbonyl (C=O) groups is 1. The summed E-state index contributed by atoms with van der Waals surface area (Å²) in [7, 11) is 1.47. The van der Waals surface area contributed by atoms with Crippen molar-refractivity contribution in [1.29, 1.82) is 0 Å². The van der Waals surface area contributed by atoms with Crippen LogP contribution < -0.4 is 15.4 Å². The summed E-state index contributed by atoms with van der Waals surface area (Å²) in [5.41, 5.74) is 0.598. The monoisotopic (exact) mass is 323 g/mol. The Balaban J connectivity index is 1.86. The maximum atomic E-state index is 13.1. The summed E-state index contributed by atoms with van der Waals surface area (Å²) in [6, 6.07) is 5.64. The largest absolute Gasteiger partial charge is 0.481 e. The summed E-state index contributed by atoms with van der Waals surface area (Å²) in [6.07, 6.45) is 0.245. The first-order valence-corrected chi connectivity index (χ1v) is 6.67. The second-order valence-electron chi connectivity index (χ2n) is 4.61. The summed E-state index contributed by atoms with van der Waals surface area (Å²) in [5.74, 6) is -1.65. The van der Waals surface area contributed by atoms with Gasteiger partial charge in [-0.3, -0.25) is 0 Å². The first-order chi connectivity index (χ1) is 11.0. The van der Waals surface area contributed by atoms with Gasteiger partial charge in [0, 0.05) is 12.6 Å². The van der Waals surface area contributed by atoms with Gasteiger partial charge >= 0.3 is 6.03 Å². The van der Waals surface area contributed by atoms with E-state index >= 15 is 0 Å². The Morgan fingerprint density at radius 1 is 1.30 bits per heavy atom. The van der Waals surface area contributed by atoms with Crippen molar-refractivity contribution in [2.45, 2.75) is 6.10 Å². The van der Waals surface area contributed by atoms with Crippen molar-refractivity contribution in [1.82, 2.24) is 10.3 Å². The zero-order chi connectivity index (χ0) is 16.8. The zero-order valence-electron chi connectivity index (χ0n) is 12.2. The van der Waals surface area contributed by atoms with Crippen molar-refractivity contribution in [3.05, 3.63) is 53.7 Å². The molecule has 2 aromatic rings. The number of aromatic nitrogens is 1. The third kappa shape index (κ3) is 4.62. The van der Waals surface area contributed by atoms with Crippen LogP contribution in [0.2, 0.25) is 0 Å². The standard InChI is InChI=1S/C15H15F2N3O3/c1-23-14-5-3-10(7-18-14)20-15(22)19-8-13(21)9-2-4-11(16)12(17)6-9/h2-7,13,21H,8H2,1H3,(H2,19,20,22)/t13-/m0/s1. The lowest BCUT2D eigenvalue weighted by molar-refractivity contribution is 0.174. The van der Waals surface area contributed by atoms with Crippen molar-refractivity contribution in [3.63, 3.8) is 0 Å². The molecule has 1 aromatic heterocycles. The number of ether oxygens (including phenoxy) is 1. The number of aliphatic hydroxyl groups is 1. The second kappa shape index (κ2) is 7.50. The molecule has 2 amide bonds. The molecule has 1 heterocycles. The van der Waals surface area contributed by atoms with Crippen LogP contribution >= 0.6 is 0 Å². The van der Waals surface area contributed by atoms with Gasteiger partial charge in [0.25, 0.3) is 0 Å². The van der Waals surface area contributed by atoms with Crippen molar-refractivity contribution in [2.24, 2.45) is 0 Å². The molecule has 0 saturated carbocycles. The lowest BCUT2D eigenvalue weighted by Gasteiger charge is -2.13. The molecule has 0 spiro atoms. The highest BCUT2D eigenvalue weighted by atomic mass is 19.2. The molecule has 2 rings (SSSR count). The predicted octanol–water partition coefficient (Wildman–Crippen LogP) is 2.22. The molecular formula is C15H15F2N3O3. The highest BCUT2D eigenvalue weighted by molar-refractivity contribution is 5.89. The molecular weight excluding hydrogens is 308 g/mol. The van der Waals surface area contributed by atoms with Gasteiger partial charge in [0.05, 0.1) is 25.1 Å². The summed E-state index contributed by atoms with van der Waals surface area (Å²) < 4.78 is 30.8. The Morgan fingerprint density at radius 3 is 2.70 bits per heavy atom. The van der Waals surface area contributed by atoms with Crippen LogP contribution in [-0.2, 0) is 0 Å². The SMILES string of the molecule is COc1ccc(NC(=O)NC[C@H](O)c2ccc(F)c(F)c2)cn1. The fraction of sp³-hybridized carbons (Fsp3) is 0.200. The average Bonchev–Trinajstić information content (AvgIpc) is 2.56. The van der Waals surface area contributed by atoms with E-state index in [1.165, 1.54) is 19.4 Å². The fourth-order valence-electron chi connectivity index (χ4n) is 1.78. The van der Waals surface area contributed by atoms with Gasteiger partial charge in [0.2, 0.25) is 5.88 Å². The number of amides is 2. The normalized spacial score (nSPS) is 11.7. The van der Waals surface area contributed by atoms with E-state index in [-0.39, 0.29) is 12.1 Å². The Hall–Kier alpha value is -2.74. The number of hydrogen-bond donors (Lipinski definition) is 3. The number of rotatable bonds is 5. The molecule has 0 saturated heterocycles. The number of benzene rings is 1. The lowest BCUT2D eigenvalue weighted by Crippen LogP contribution is -2.32. The number of pyridine rings is 1. The molecule has 0 aliphatic rings. The minimum Gasteiger partial charge on any atom is -0.481 e. The molecule has 0 unspecified atom stereocenters. The van der Waals surface area contributed by atoms with Crippen molar-refractivity contribution < 1.29 is 23.4 Å². The Morgan fingerprint density at radius 2 is 2.09 bits per heavy atom. The maximum absolute atomic E-state index is 13.1. The average molecular weight is 323 g/mol. The summed E-state index contributed by atoms with van der Waals surface area (Å²) in [5, 5.41) is 14.8. The van der Waals surface area contributed by atoms with Gasteiger partial charge in [0.1, 0.15) is 0 Å². The number of anilines is 1. The molecule has 0 bridgehead atoms. The van der Waals surface area contributed by atoms with Crippen LogP contribution in [0.25, 0.3) is 0 Å². The van der Waals surface area contributed by atoms with Gasteiger partial charge in [0.15, 0.2) is 11.6 Å². The molecule has 0 aliphatic carbocycles. The van der Waals surface area contributed by atoms with Gasteiger partial charge in [-0.15, -0.1) is 0 Å². The third-order valence-corrected chi connectivity index (χ3v) is 2.99. The molecule has 122 valence electrons. The number of hydrogen-bond acceptors (Lipinski definition) is 4. The number of aliphatic hydroxyl groups excluding tert-OH is 1. The van der Waals surface area contributed by atoms with E-state index in [0.717, 1.165) is 12.1 Å². The van der Waals surface area contributed by atoms with Crippen molar-refractivity contribution >= 4 is 11.7 Å².